The van der Waals surface area contributed by atoms with E-state index in [2.05, 4.69) is 9.47 Å². The van der Waals surface area contributed by atoms with Crippen molar-refractivity contribution in [1.82, 2.24) is 0 Å². The van der Waals surface area contributed by atoms with Gasteiger partial charge in [0.2, 0.25) is 0 Å². The number of aldehydes is 1. The Morgan fingerprint density at radius 1 is 1.56 bits per heavy atom. The maximum Gasteiger partial charge on any atom is 0.512 e. The maximum absolute atomic E-state index is 10.1. The van der Waals surface area contributed by atoms with E-state index < -0.39 is 6.16 Å². The average molecular weight is 130 g/mol. The summed E-state index contributed by atoms with van der Waals surface area (Å²) < 4.78 is 8.23. The standard InChI is InChI=1S/C5H6O4/c1-8-5(7)9-4-2-3-6/h2-4H,1H3. The zero-order valence-corrected chi connectivity index (χ0v) is 4.87. The van der Waals surface area contributed by atoms with Crippen LogP contribution in [0, 0.1) is 0 Å². The monoisotopic (exact) mass is 130 g/mol. The van der Waals surface area contributed by atoms with Gasteiger partial charge in [-0.15, -0.1) is 0 Å². The molecule has 0 aliphatic carbocycles. The Hall–Kier alpha value is -1.32. The predicted molar refractivity (Wildman–Crippen MR) is 28.7 cm³/mol. The number of methoxy groups -OCH3 is 1. The first kappa shape index (κ1) is 7.68. The Morgan fingerprint density at radius 3 is 2.67 bits per heavy atom. The number of hydrogen-bond donors (Lipinski definition) is 0. The molecule has 0 unspecified atom stereocenters. The number of rotatable bonds is 2. The molecule has 0 saturated heterocycles. The second kappa shape index (κ2) is 4.83. The Kier molecular flexibility index (Phi) is 4.12. The van der Waals surface area contributed by atoms with Crippen LogP contribution in [-0.4, -0.2) is 19.6 Å². The normalized spacial score (nSPS) is 9.00. The van der Waals surface area contributed by atoms with Crippen LogP contribution in [0.5, 0.6) is 0 Å². The fourth-order valence-corrected chi connectivity index (χ4v) is 0.175. The van der Waals surface area contributed by atoms with Gasteiger partial charge in [0.05, 0.1) is 7.11 Å². The second-order valence-electron chi connectivity index (χ2n) is 1.04. The van der Waals surface area contributed by atoms with Gasteiger partial charge < -0.3 is 9.47 Å². The van der Waals surface area contributed by atoms with Gasteiger partial charge in [0.1, 0.15) is 12.5 Å². The van der Waals surface area contributed by atoms with Crippen molar-refractivity contribution >= 4 is 12.4 Å². The molecule has 9 heavy (non-hydrogen) atoms. The summed E-state index contributed by atoms with van der Waals surface area (Å²) in [7, 11) is 1.18. The van der Waals surface area contributed by atoms with Gasteiger partial charge in [0.15, 0.2) is 0 Å². The van der Waals surface area contributed by atoms with Crippen LogP contribution in [0.3, 0.4) is 0 Å². The molecule has 0 fully saturated rings. The van der Waals surface area contributed by atoms with Gasteiger partial charge in [0, 0.05) is 6.08 Å². The average Bonchev–Trinajstić information content (AvgIpc) is 1.89. The molecule has 0 rings (SSSR count). The number of ether oxygens (including phenoxy) is 2. The SMILES string of the molecule is COC(=O)OC=CC=O. The summed E-state index contributed by atoms with van der Waals surface area (Å²) in [5.74, 6) is 0. The van der Waals surface area contributed by atoms with Gasteiger partial charge in [-0.2, -0.15) is 0 Å². The minimum Gasteiger partial charge on any atom is -0.437 e. The molecule has 0 aliphatic heterocycles. The van der Waals surface area contributed by atoms with Crippen LogP contribution in [0.2, 0.25) is 0 Å². The van der Waals surface area contributed by atoms with Crippen molar-refractivity contribution in [2.75, 3.05) is 7.11 Å². The van der Waals surface area contributed by atoms with Crippen molar-refractivity contribution in [3.8, 4) is 0 Å². The zero-order valence-electron chi connectivity index (χ0n) is 4.87. The number of allylic oxidation sites excluding steroid dienone is 1. The lowest BCUT2D eigenvalue weighted by atomic mass is 10.7. The third kappa shape index (κ3) is 4.53. The van der Waals surface area contributed by atoms with E-state index in [1.54, 1.807) is 0 Å². The molecule has 0 radical (unpaired) electrons. The summed E-state index contributed by atoms with van der Waals surface area (Å²) in [6, 6.07) is 0. The Balaban J connectivity index is 3.37. The lowest BCUT2D eigenvalue weighted by molar-refractivity contribution is -0.104. The van der Waals surface area contributed by atoms with Crippen molar-refractivity contribution in [2.24, 2.45) is 0 Å². The van der Waals surface area contributed by atoms with Crippen LogP contribution in [0.25, 0.3) is 0 Å². The Bertz CT molecular complexity index is 127. The van der Waals surface area contributed by atoms with Crippen molar-refractivity contribution in [3.05, 3.63) is 12.3 Å². The molecule has 0 heterocycles. The van der Waals surface area contributed by atoms with Crippen LogP contribution in [0.15, 0.2) is 12.3 Å². The van der Waals surface area contributed by atoms with Gasteiger partial charge in [-0.3, -0.25) is 4.79 Å². The van der Waals surface area contributed by atoms with Gasteiger partial charge in [0.25, 0.3) is 0 Å². The molecule has 0 aromatic carbocycles. The molecule has 4 nitrogen and oxygen atoms in total. The molecule has 0 aliphatic rings. The van der Waals surface area contributed by atoms with E-state index in [9.17, 15) is 9.59 Å². The number of carbonyl (C=O) groups excluding carboxylic acids is 2. The molecule has 0 bridgehead atoms. The minimum atomic E-state index is -0.840. The van der Waals surface area contributed by atoms with Crippen LogP contribution in [0.1, 0.15) is 0 Å². The van der Waals surface area contributed by atoms with E-state index in [1.165, 1.54) is 7.11 Å². The van der Waals surface area contributed by atoms with E-state index >= 15 is 0 Å². The topological polar surface area (TPSA) is 52.6 Å². The molecule has 0 aromatic heterocycles. The van der Waals surface area contributed by atoms with Crippen molar-refractivity contribution in [2.45, 2.75) is 0 Å². The van der Waals surface area contributed by atoms with Crippen molar-refractivity contribution < 1.29 is 19.1 Å². The quantitative estimate of drug-likeness (QED) is 0.236. The maximum atomic E-state index is 10.1. The van der Waals surface area contributed by atoms with E-state index in [-0.39, 0.29) is 0 Å². The molecule has 0 saturated carbocycles. The summed E-state index contributed by atoms with van der Waals surface area (Å²) in [4.78, 5) is 19.6. The van der Waals surface area contributed by atoms with Gasteiger partial charge in [-0.1, -0.05) is 0 Å². The highest BCUT2D eigenvalue weighted by Gasteiger charge is 1.92. The fraction of sp³-hybridized carbons (Fsp3) is 0.200. The van der Waals surface area contributed by atoms with Gasteiger partial charge >= 0.3 is 6.16 Å². The highest BCUT2D eigenvalue weighted by atomic mass is 16.7. The predicted octanol–water partition coefficient (Wildman–Crippen LogP) is 0.482. The van der Waals surface area contributed by atoms with Crippen LogP contribution in [-0.2, 0) is 14.3 Å². The van der Waals surface area contributed by atoms with E-state index in [4.69, 9.17) is 0 Å². The first-order valence-corrected chi connectivity index (χ1v) is 2.16. The zero-order chi connectivity index (χ0) is 7.11. The molecule has 4 heteroatoms. The fourth-order valence-electron chi connectivity index (χ4n) is 0.175. The van der Waals surface area contributed by atoms with Crippen LogP contribution < -0.4 is 0 Å². The molecule has 0 spiro atoms. The molecule has 0 N–H and O–H groups in total. The molecule has 0 aromatic rings. The third-order valence-corrected chi connectivity index (χ3v) is 0.488. The Labute approximate surface area is 52.1 Å². The largest absolute Gasteiger partial charge is 0.512 e. The summed E-state index contributed by atoms with van der Waals surface area (Å²) in [6.07, 6.45) is 1.63. The van der Waals surface area contributed by atoms with Gasteiger partial charge in [-0.05, 0) is 0 Å². The summed E-state index contributed by atoms with van der Waals surface area (Å²) in [6.45, 7) is 0. The van der Waals surface area contributed by atoms with Crippen LogP contribution >= 0.6 is 0 Å². The lowest BCUT2D eigenvalue weighted by Gasteiger charge is -1.91. The van der Waals surface area contributed by atoms with E-state index in [0.29, 0.717) is 6.29 Å². The summed E-state index contributed by atoms with van der Waals surface area (Å²) in [5.41, 5.74) is 0. The molecular weight excluding hydrogens is 124 g/mol. The number of hydrogen-bond acceptors (Lipinski definition) is 4. The molecule has 0 amide bonds. The first-order valence-electron chi connectivity index (χ1n) is 2.16. The minimum absolute atomic E-state index is 0.489. The highest BCUT2D eigenvalue weighted by Crippen LogP contribution is 1.81. The summed E-state index contributed by atoms with van der Waals surface area (Å²) >= 11 is 0. The van der Waals surface area contributed by atoms with Crippen molar-refractivity contribution in [1.29, 1.82) is 0 Å². The third-order valence-electron chi connectivity index (χ3n) is 0.488. The van der Waals surface area contributed by atoms with Gasteiger partial charge in [-0.25, -0.2) is 4.79 Å². The summed E-state index contributed by atoms with van der Waals surface area (Å²) in [5, 5.41) is 0. The van der Waals surface area contributed by atoms with Crippen LogP contribution in [0.4, 0.5) is 4.79 Å². The molecular formula is C5H6O4. The van der Waals surface area contributed by atoms with E-state index in [1.807, 2.05) is 0 Å². The Morgan fingerprint density at radius 2 is 2.22 bits per heavy atom. The van der Waals surface area contributed by atoms with Crippen molar-refractivity contribution in [3.63, 3.8) is 0 Å². The lowest BCUT2D eigenvalue weighted by Crippen LogP contribution is -1.97. The number of carbonyl (C=O) groups is 2. The molecule has 0 atom stereocenters. The second-order valence-corrected chi connectivity index (χ2v) is 1.04. The smallest absolute Gasteiger partial charge is 0.437 e. The van der Waals surface area contributed by atoms with E-state index in [0.717, 1.165) is 12.3 Å². The highest BCUT2D eigenvalue weighted by molar-refractivity contribution is 5.66. The molecule has 50 valence electrons. The first-order chi connectivity index (χ1) is 4.31.